The third kappa shape index (κ3) is 3.52. The van der Waals surface area contributed by atoms with Crippen LogP contribution in [0.4, 0.5) is 11.4 Å². The predicted octanol–water partition coefficient (Wildman–Crippen LogP) is 4.12. The van der Waals surface area contributed by atoms with Crippen LogP contribution in [-0.2, 0) is 6.42 Å². The van der Waals surface area contributed by atoms with Gasteiger partial charge in [0.1, 0.15) is 11.4 Å². The van der Waals surface area contributed by atoms with E-state index >= 15 is 0 Å². The quantitative estimate of drug-likeness (QED) is 0.504. The van der Waals surface area contributed by atoms with Crippen molar-refractivity contribution in [2.45, 2.75) is 19.8 Å². The highest BCUT2D eigenvalue weighted by Crippen LogP contribution is 2.30. The second-order valence-electron chi connectivity index (χ2n) is 5.67. The van der Waals surface area contributed by atoms with Gasteiger partial charge in [-0.25, -0.2) is 0 Å². The van der Waals surface area contributed by atoms with E-state index in [-0.39, 0.29) is 11.5 Å². The van der Waals surface area contributed by atoms with Gasteiger partial charge in [-0.2, -0.15) is 0 Å². The first-order chi connectivity index (χ1) is 12.1. The molecule has 1 N–H and O–H groups in total. The summed E-state index contributed by atoms with van der Waals surface area (Å²) in [6.07, 6.45) is 2.95. The van der Waals surface area contributed by atoms with Crippen molar-refractivity contribution in [1.29, 1.82) is 0 Å². The van der Waals surface area contributed by atoms with Gasteiger partial charge in [0.15, 0.2) is 5.78 Å². The normalized spacial score (nSPS) is 14.9. The molecule has 0 heterocycles. The number of Topliss-reactive ketones (excluding diaryl/α,β-unsaturated/α-hetero) is 1. The SMILES string of the molecule is CCOc1ccc(NC=C2CCc3ccccc3C2=O)c([N+](=O)[O-])c1. The minimum atomic E-state index is -0.471. The van der Waals surface area contributed by atoms with Gasteiger partial charge in [-0.3, -0.25) is 14.9 Å². The number of nitro benzene ring substituents is 1. The zero-order valence-electron chi connectivity index (χ0n) is 13.8. The lowest BCUT2D eigenvalue weighted by molar-refractivity contribution is -0.384. The maximum atomic E-state index is 12.5. The molecule has 2 aromatic rings. The summed E-state index contributed by atoms with van der Waals surface area (Å²) in [4.78, 5) is 23.3. The number of benzene rings is 2. The Kier molecular flexibility index (Phi) is 4.79. The Labute approximate surface area is 145 Å². The molecule has 0 atom stereocenters. The fraction of sp³-hybridized carbons (Fsp3) is 0.211. The van der Waals surface area contributed by atoms with E-state index in [0.29, 0.717) is 35.6 Å². The van der Waals surface area contributed by atoms with Gasteiger partial charge in [0.25, 0.3) is 5.69 Å². The van der Waals surface area contributed by atoms with E-state index in [1.54, 1.807) is 18.3 Å². The average molecular weight is 338 g/mol. The lowest BCUT2D eigenvalue weighted by Crippen LogP contribution is -2.15. The molecule has 25 heavy (non-hydrogen) atoms. The van der Waals surface area contributed by atoms with E-state index in [9.17, 15) is 14.9 Å². The largest absolute Gasteiger partial charge is 0.494 e. The Balaban J connectivity index is 1.85. The summed E-state index contributed by atoms with van der Waals surface area (Å²) in [6.45, 7) is 2.25. The molecule has 0 bridgehead atoms. The average Bonchev–Trinajstić information content (AvgIpc) is 2.62. The smallest absolute Gasteiger partial charge is 0.296 e. The van der Waals surface area contributed by atoms with Crippen molar-refractivity contribution in [3.05, 3.63) is 75.5 Å². The van der Waals surface area contributed by atoms with Crippen LogP contribution < -0.4 is 10.1 Å². The highest BCUT2D eigenvalue weighted by atomic mass is 16.6. The van der Waals surface area contributed by atoms with Crippen LogP contribution in [0, 0.1) is 10.1 Å². The van der Waals surface area contributed by atoms with Gasteiger partial charge in [0.2, 0.25) is 0 Å². The maximum Gasteiger partial charge on any atom is 0.296 e. The van der Waals surface area contributed by atoms with Gasteiger partial charge in [-0.05, 0) is 37.5 Å². The van der Waals surface area contributed by atoms with Crippen molar-refractivity contribution in [1.82, 2.24) is 0 Å². The number of hydrogen-bond donors (Lipinski definition) is 1. The summed E-state index contributed by atoms with van der Waals surface area (Å²) < 4.78 is 5.30. The first-order valence-electron chi connectivity index (χ1n) is 8.09. The first kappa shape index (κ1) is 16.7. The molecule has 2 aromatic carbocycles. The van der Waals surface area contributed by atoms with E-state index in [0.717, 1.165) is 12.0 Å². The van der Waals surface area contributed by atoms with Gasteiger partial charge in [-0.1, -0.05) is 24.3 Å². The molecule has 0 unspecified atom stereocenters. The van der Waals surface area contributed by atoms with Gasteiger partial charge < -0.3 is 10.1 Å². The second kappa shape index (κ2) is 7.17. The van der Waals surface area contributed by atoms with Crippen LogP contribution in [0.2, 0.25) is 0 Å². The second-order valence-corrected chi connectivity index (χ2v) is 5.67. The third-order valence-electron chi connectivity index (χ3n) is 4.10. The Hall–Kier alpha value is -3.15. The molecule has 6 heteroatoms. The molecule has 0 aliphatic heterocycles. The zero-order chi connectivity index (χ0) is 17.8. The maximum absolute atomic E-state index is 12.5. The van der Waals surface area contributed by atoms with Crippen LogP contribution in [0.15, 0.2) is 54.2 Å². The molecule has 1 aliphatic carbocycles. The van der Waals surface area contributed by atoms with Crippen molar-refractivity contribution in [3.63, 3.8) is 0 Å². The van der Waals surface area contributed by atoms with Crippen LogP contribution in [0.1, 0.15) is 29.3 Å². The summed E-state index contributed by atoms with van der Waals surface area (Å²) >= 11 is 0. The minimum absolute atomic E-state index is 0.0389. The molecule has 1 aliphatic rings. The fourth-order valence-corrected chi connectivity index (χ4v) is 2.86. The van der Waals surface area contributed by atoms with Crippen LogP contribution in [0.25, 0.3) is 0 Å². The lowest BCUT2D eigenvalue weighted by Gasteiger charge is -2.17. The Morgan fingerprint density at radius 1 is 1.24 bits per heavy atom. The highest BCUT2D eigenvalue weighted by molar-refractivity contribution is 6.10. The van der Waals surface area contributed by atoms with Crippen molar-refractivity contribution in [2.24, 2.45) is 0 Å². The number of nitro groups is 1. The summed E-state index contributed by atoms with van der Waals surface area (Å²) in [5.41, 5.74) is 2.58. The van der Waals surface area contributed by atoms with Crippen LogP contribution >= 0.6 is 0 Å². The summed E-state index contributed by atoms with van der Waals surface area (Å²) in [5, 5.41) is 14.2. The number of anilines is 1. The summed E-state index contributed by atoms with van der Waals surface area (Å²) in [5.74, 6) is 0.401. The molecule has 0 aromatic heterocycles. The number of carbonyl (C=O) groups excluding carboxylic acids is 1. The summed E-state index contributed by atoms with van der Waals surface area (Å²) in [7, 11) is 0. The first-order valence-corrected chi connectivity index (χ1v) is 8.09. The topological polar surface area (TPSA) is 81.5 Å². The number of rotatable bonds is 5. The van der Waals surface area contributed by atoms with Gasteiger partial charge in [0.05, 0.1) is 17.6 Å². The standard InChI is InChI=1S/C19H18N2O4/c1-2-25-15-9-10-17(18(11-15)21(23)24)20-12-14-8-7-13-5-3-4-6-16(13)19(14)22/h3-6,9-12,20H,2,7-8H2,1H3. The third-order valence-corrected chi connectivity index (χ3v) is 4.10. The van der Waals surface area contributed by atoms with Crippen LogP contribution in [0.3, 0.4) is 0 Å². The Morgan fingerprint density at radius 3 is 2.80 bits per heavy atom. The van der Waals surface area contributed by atoms with Gasteiger partial charge >= 0.3 is 0 Å². The van der Waals surface area contributed by atoms with Crippen LogP contribution in [-0.4, -0.2) is 17.3 Å². The molecule has 0 spiro atoms. The molecule has 0 fully saturated rings. The number of fused-ring (bicyclic) bond motifs is 1. The molecule has 0 radical (unpaired) electrons. The molecule has 3 rings (SSSR count). The molecular formula is C19H18N2O4. The van der Waals surface area contributed by atoms with E-state index < -0.39 is 4.92 Å². The highest BCUT2D eigenvalue weighted by Gasteiger charge is 2.22. The summed E-state index contributed by atoms with van der Waals surface area (Å²) in [6, 6.07) is 12.1. The number of carbonyl (C=O) groups is 1. The van der Waals surface area contributed by atoms with Gasteiger partial charge in [-0.15, -0.1) is 0 Å². The van der Waals surface area contributed by atoms with Gasteiger partial charge in [0, 0.05) is 17.3 Å². The number of nitrogens with one attached hydrogen (secondary N) is 1. The van der Waals surface area contributed by atoms with E-state index in [2.05, 4.69) is 5.32 Å². The number of allylic oxidation sites excluding steroid dienone is 1. The lowest BCUT2D eigenvalue weighted by atomic mass is 9.87. The van der Waals surface area contributed by atoms with Crippen molar-refractivity contribution >= 4 is 17.2 Å². The van der Waals surface area contributed by atoms with E-state index in [4.69, 9.17) is 4.74 Å². The molecule has 0 amide bonds. The Morgan fingerprint density at radius 2 is 2.04 bits per heavy atom. The number of nitrogens with zero attached hydrogens (tertiary/aromatic N) is 1. The number of ketones is 1. The monoisotopic (exact) mass is 338 g/mol. The Bertz CT molecular complexity index is 858. The number of hydrogen-bond acceptors (Lipinski definition) is 5. The predicted molar refractivity (Wildman–Crippen MR) is 95.1 cm³/mol. The molecular weight excluding hydrogens is 320 g/mol. The van der Waals surface area contributed by atoms with Crippen molar-refractivity contribution in [2.75, 3.05) is 11.9 Å². The van der Waals surface area contributed by atoms with E-state index in [1.807, 2.05) is 31.2 Å². The molecule has 0 saturated carbocycles. The number of ether oxygens (including phenoxy) is 1. The minimum Gasteiger partial charge on any atom is -0.494 e. The zero-order valence-corrected chi connectivity index (χ0v) is 13.8. The van der Waals surface area contributed by atoms with E-state index in [1.165, 1.54) is 6.07 Å². The van der Waals surface area contributed by atoms with Crippen molar-refractivity contribution in [3.8, 4) is 5.75 Å². The van der Waals surface area contributed by atoms with Crippen molar-refractivity contribution < 1.29 is 14.5 Å². The molecule has 0 saturated heterocycles. The molecule has 6 nitrogen and oxygen atoms in total. The molecule has 128 valence electrons. The number of aryl methyl sites for hydroxylation is 1. The fourth-order valence-electron chi connectivity index (χ4n) is 2.86. The van der Waals surface area contributed by atoms with Crippen LogP contribution in [0.5, 0.6) is 5.75 Å².